The molecular weight excluding hydrogens is 176 g/mol. The van der Waals surface area contributed by atoms with E-state index in [9.17, 15) is 4.79 Å². The van der Waals surface area contributed by atoms with Crippen LogP contribution in [0.2, 0.25) is 6.32 Å². The molecule has 0 fully saturated rings. The number of hydrogen-bond donors (Lipinski definition) is 4. The van der Waals surface area contributed by atoms with Crippen LogP contribution >= 0.6 is 0 Å². The molecule has 0 aliphatic carbocycles. The molecule has 0 saturated heterocycles. The summed E-state index contributed by atoms with van der Waals surface area (Å²) in [5.74, 6) is -0.685. The molecule has 0 unspecified atom stereocenters. The van der Waals surface area contributed by atoms with E-state index in [1.807, 2.05) is 0 Å². The van der Waals surface area contributed by atoms with Crippen molar-refractivity contribution in [3.8, 4) is 0 Å². The standard InChI is InChI=1S/C5H13B2NO5/c8-4(5(9)13-6-10)2-1-3-7(11)12/h4,6,10-12H,1-3,8H2/t4-/m0/s1. The van der Waals surface area contributed by atoms with Gasteiger partial charge in [-0.2, -0.15) is 0 Å². The minimum Gasteiger partial charge on any atom is -0.511 e. The molecule has 0 aromatic rings. The van der Waals surface area contributed by atoms with Crippen LogP contribution in [0.25, 0.3) is 0 Å². The lowest BCUT2D eigenvalue weighted by Gasteiger charge is -2.09. The largest absolute Gasteiger partial charge is 0.511 e. The number of hydrogen-bond acceptors (Lipinski definition) is 6. The van der Waals surface area contributed by atoms with Crippen molar-refractivity contribution in [2.24, 2.45) is 5.73 Å². The van der Waals surface area contributed by atoms with Crippen LogP contribution in [0.1, 0.15) is 12.8 Å². The Kier molecular flexibility index (Phi) is 6.61. The van der Waals surface area contributed by atoms with E-state index < -0.39 is 26.8 Å². The summed E-state index contributed by atoms with van der Waals surface area (Å²) in [4.78, 5) is 10.8. The zero-order valence-electron chi connectivity index (χ0n) is 7.22. The van der Waals surface area contributed by atoms with E-state index in [1.54, 1.807) is 0 Å². The molecule has 0 aliphatic heterocycles. The van der Waals surface area contributed by atoms with E-state index in [-0.39, 0.29) is 6.32 Å². The summed E-state index contributed by atoms with van der Waals surface area (Å²) in [6, 6.07) is -0.814. The molecule has 0 saturated carbocycles. The predicted molar refractivity (Wildman–Crippen MR) is 47.7 cm³/mol. The Balaban J connectivity index is 3.49. The molecule has 8 heteroatoms. The van der Waals surface area contributed by atoms with Crippen molar-refractivity contribution in [2.75, 3.05) is 0 Å². The minimum absolute atomic E-state index is 0.167. The van der Waals surface area contributed by atoms with Gasteiger partial charge in [-0.1, -0.05) is 6.42 Å². The quantitative estimate of drug-likeness (QED) is 0.340. The maximum atomic E-state index is 10.8. The first-order valence-electron chi connectivity index (χ1n) is 3.97. The molecule has 0 aliphatic rings. The van der Waals surface area contributed by atoms with Gasteiger partial charge in [0, 0.05) is 0 Å². The second kappa shape index (κ2) is 6.90. The summed E-state index contributed by atoms with van der Waals surface area (Å²) in [6.07, 6.45) is 0.885. The van der Waals surface area contributed by atoms with Crippen molar-refractivity contribution in [2.45, 2.75) is 25.2 Å². The Labute approximate surface area is 77.1 Å². The van der Waals surface area contributed by atoms with Crippen molar-refractivity contribution < 1.29 is 24.5 Å². The summed E-state index contributed by atoms with van der Waals surface area (Å²) < 4.78 is 4.23. The number of carbonyl (C=O) groups is 1. The Morgan fingerprint density at radius 3 is 2.69 bits per heavy atom. The van der Waals surface area contributed by atoms with Crippen LogP contribution in [0.4, 0.5) is 0 Å². The molecule has 13 heavy (non-hydrogen) atoms. The van der Waals surface area contributed by atoms with Gasteiger partial charge in [-0.15, -0.1) is 0 Å². The maximum absolute atomic E-state index is 10.8. The van der Waals surface area contributed by atoms with Crippen molar-refractivity contribution in [3.05, 3.63) is 0 Å². The first-order valence-corrected chi connectivity index (χ1v) is 3.97. The van der Waals surface area contributed by atoms with Gasteiger partial charge in [0.15, 0.2) is 0 Å². The van der Waals surface area contributed by atoms with Crippen LogP contribution in [-0.2, 0) is 9.45 Å². The minimum atomic E-state index is -1.37. The molecule has 0 heterocycles. The van der Waals surface area contributed by atoms with Gasteiger partial charge in [0.2, 0.25) is 0 Å². The average molecular weight is 189 g/mol. The van der Waals surface area contributed by atoms with Gasteiger partial charge in [0.1, 0.15) is 6.04 Å². The first kappa shape index (κ1) is 12.4. The van der Waals surface area contributed by atoms with Gasteiger partial charge in [-0.3, -0.25) is 4.79 Å². The molecule has 0 bridgehead atoms. The molecule has 0 radical (unpaired) electrons. The molecule has 5 N–H and O–H groups in total. The highest BCUT2D eigenvalue weighted by molar-refractivity contribution is 6.40. The smallest absolute Gasteiger partial charge is 0.506 e. The first-order chi connectivity index (χ1) is 6.07. The molecule has 0 aromatic heterocycles. The molecule has 1 atom stereocenters. The van der Waals surface area contributed by atoms with Crippen LogP contribution in [-0.4, -0.2) is 41.9 Å². The van der Waals surface area contributed by atoms with E-state index in [4.69, 9.17) is 20.8 Å². The SMILES string of the molecule is N[C@@H](CCCB(O)O)C(=O)OBO. The predicted octanol–water partition coefficient (Wildman–Crippen LogP) is -2.63. The molecular formula is C5H13B2NO5. The number of nitrogens with two attached hydrogens (primary N) is 1. The summed E-state index contributed by atoms with van der Waals surface area (Å²) in [5.41, 5.74) is 5.34. The fourth-order valence-electron chi connectivity index (χ4n) is 0.809. The van der Waals surface area contributed by atoms with E-state index in [1.165, 1.54) is 0 Å². The molecule has 6 nitrogen and oxygen atoms in total. The fourth-order valence-corrected chi connectivity index (χ4v) is 0.809. The maximum Gasteiger partial charge on any atom is 0.506 e. The Morgan fingerprint density at radius 2 is 2.23 bits per heavy atom. The Hall–Kier alpha value is -0.560. The monoisotopic (exact) mass is 189 g/mol. The molecule has 74 valence electrons. The van der Waals surface area contributed by atoms with Gasteiger partial charge >= 0.3 is 20.8 Å². The zero-order chi connectivity index (χ0) is 10.3. The number of carbonyl (C=O) groups excluding carboxylic acids is 1. The van der Waals surface area contributed by atoms with E-state index >= 15 is 0 Å². The molecule has 0 rings (SSSR count). The van der Waals surface area contributed by atoms with Crippen LogP contribution in [0.15, 0.2) is 0 Å². The third-order valence-corrected chi connectivity index (χ3v) is 1.49. The van der Waals surface area contributed by atoms with Gasteiger partial charge in [-0.25, -0.2) is 0 Å². The summed E-state index contributed by atoms with van der Waals surface area (Å²) in [6.45, 7) is 0. The topological polar surface area (TPSA) is 113 Å². The highest BCUT2D eigenvalue weighted by Crippen LogP contribution is 2.02. The third kappa shape index (κ3) is 6.59. The number of rotatable bonds is 6. The second-order valence-corrected chi connectivity index (χ2v) is 2.61. The lowest BCUT2D eigenvalue weighted by Crippen LogP contribution is -2.33. The molecule has 0 spiro atoms. The zero-order valence-corrected chi connectivity index (χ0v) is 7.22. The van der Waals surface area contributed by atoms with Gasteiger partial charge in [0.25, 0.3) is 0 Å². The normalized spacial score (nSPS) is 12.0. The highest BCUT2D eigenvalue weighted by atomic mass is 16.6. The van der Waals surface area contributed by atoms with Crippen molar-refractivity contribution in [1.29, 1.82) is 0 Å². The van der Waals surface area contributed by atoms with Crippen molar-refractivity contribution in [3.63, 3.8) is 0 Å². The summed E-state index contributed by atoms with van der Waals surface area (Å²) >= 11 is 0. The highest BCUT2D eigenvalue weighted by Gasteiger charge is 2.15. The lowest BCUT2D eigenvalue weighted by molar-refractivity contribution is -0.136. The Bertz CT molecular complexity index is 156. The van der Waals surface area contributed by atoms with Gasteiger partial charge in [-0.05, 0) is 12.7 Å². The lowest BCUT2D eigenvalue weighted by atomic mass is 9.83. The third-order valence-electron chi connectivity index (χ3n) is 1.49. The van der Waals surface area contributed by atoms with E-state index in [2.05, 4.69) is 4.65 Å². The fraction of sp³-hybridized carbons (Fsp3) is 0.800. The summed E-state index contributed by atoms with van der Waals surface area (Å²) in [7, 11) is -2.06. The second-order valence-electron chi connectivity index (χ2n) is 2.61. The van der Waals surface area contributed by atoms with Crippen LogP contribution in [0, 0.1) is 0 Å². The van der Waals surface area contributed by atoms with Gasteiger partial charge in [0.05, 0.1) is 0 Å². The average Bonchev–Trinajstić information content (AvgIpc) is 2.04. The van der Waals surface area contributed by atoms with E-state index in [0.717, 1.165) is 0 Å². The molecule has 0 aromatic carbocycles. The van der Waals surface area contributed by atoms with Crippen LogP contribution < -0.4 is 5.73 Å². The van der Waals surface area contributed by atoms with Gasteiger partial charge < -0.3 is 25.5 Å². The van der Waals surface area contributed by atoms with Crippen LogP contribution in [0.3, 0.4) is 0 Å². The molecule has 0 amide bonds. The summed E-state index contributed by atoms with van der Waals surface area (Å²) in [5, 5.41) is 25.2. The van der Waals surface area contributed by atoms with Crippen LogP contribution in [0.5, 0.6) is 0 Å². The van der Waals surface area contributed by atoms with Crippen molar-refractivity contribution in [1.82, 2.24) is 0 Å². The Morgan fingerprint density at radius 1 is 1.62 bits per heavy atom. The van der Waals surface area contributed by atoms with Crippen molar-refractivity contribution >= 4 is 20.8 Å². The van der Waals surface area contributed by atoms with E-state index in [0.29, 0.717) is 12.8 Å².